The summed E-state index contributed by atoms with van der Waals surface area (Å²) in [6.45, 7) is 2.45. The molecular formula is C14H20N2O3. The third-order valence-electron chi connectivity index (χ3n) is 3.80. The van der Waals surface area contributed by atoms with Crippen molar-refractivity contribution in [2.75, 3.05) is 17.6 Å². The lowest BCUT2D eigenvalue weighted by Crippen LogP contribution is -2.22. The number of carboxylic acids is 1. The first-order chi connectivity index (χ1) is 8.99. The van der Waals surface area contributed by atoms with Crippen molar-refractivity contribution in [3.05, 3.63) is 23.3 Å². The molecule has 104 valence electrons. The number of carboxylic acid groups (broad SMARTS) is 1. The van der Waals surface area contributed by atoms with Crippen molar-refractivity contribution >= 4 is 17.3 Å². The highest BCUT2D eigenvalue weighted by molar-refractivity contribution is 5.95. The van der Waals surface area contributed by atoms with Crippen LogP contribution in [-0.4, -0.2) is 28.8 Å². The van der Waals surface area contributed by atoms with Crippen molar-refractivity contribution in [1.29, 1.82) is 0 Å². The lowest BCUT2D eigenvalue weighted by Gasteiger charge is -2.17. The zero-order chi connectivity index (χ0) is 14.0. The summed E-state index contributed by atoms with van der Waals surface area (Å²) < 4.78 is 0. The molecule has 5 heteroatoms. The molecule has 1 aliphatic rings. The zero-order valence-electron chi connectivity index (χ0n) is 11.0. The zero-order valence-corrected chi connectivity index (χ0v) is 11.0. The van der Waals surface area contributed by atoms with Gasteiger partial charge < -0.3 is 21.3 Å². The first-order valence-electron chi connectivity index (χ1n) is 6.54. The van der Waals surface area contributed by atoms with Crippen molar-refractivity contribution in [2.24, 2.45) is 5.92 Å². The summed E-state index contributed by atoms with van der Waals surface area (Å²) >= 11 is 0. The first kappa shape index (κ1) is 13.7. The van der Waals surface area contributed by atoms with E-state index in [2.05, 4.69) is 5.32 Å². The molecule has 1 aromatic carbocycles. The number of aliphatic hydroxyl groups excluding tert-OH is 1. The molecule has 2 unspecified atom stereocenters. The van der Waals surface area contributed by atoms with Gasteiger partial charge in [0, 0.05) is 23.8 Å². The van der Waals surface area contributed by atoms with E-state index in [4.69, 9.17) is 10.8 Å². The fourth-order valence-electron chi connectivity index (χ4n) is 2.58. The van der Waals surface area contributed by atoms with Crippen LogP contribution in [0.25, 0.3) is 0 Å². The van der Waals surface area contributed by atoms with Gasteiger partial charge in [-0.05, 0) is 37.5 Å². The second-order valence-corrected chi connectivity index (χ2v) is 5.20. The monoisotopic (exact) mass is 264 g/mol. The third-order valence-corrected chi connectivity index (χ3v) is 3.80. The average molecular weight is 264 g/mol. The van der Waals surface area contributed by atoms with Crippen LogP contribution in [0.1, 0.15) is 35.2 Å². The minimum atomic E-state index is -1.02. The summed E-state index contributed by atoms with van der Waals surface area (Å²) in [5.41, 5.74) is 7.65. The molecule has 0 amide bonds. The minimum absolute atomic E-state index is 0.120. The fourth-order valence-corrected chi connectivity index (χ4v) is 2.58. The van der Waals surface area contributed by atoms with Crippen molar-refractivity contribution in [3.8, 4) is 0 Å². The number of nitrogens with two attached hydrogens (primary N) is 1. The van der Waals surface area contributed by atoms with Crippen molar-refractivity contribution < 1.29 is 15.0 Å². The van der Waals surface area contributed by atoms with Crippen molar-refractivity contribution in [3.63, 3.8) is 0 Å². The summed E-state index contributed by atoms with van der Waals surface area (Å²) in [6, 6.07) is 3.38. The molecule has 0 spiro atoms. The van der Waals surface area contributed by atoms with Gasteiger partial charge in [0.2, 0.25) is 0 Å². The Morgan fingerprint density at radius 3 is 2.79 bits per heavy atom. The van der Waals surface area contributed by atoms with E-state index in [1.807, 2.05) is 6.07 Å². The van der Waals surface area contributed by atoms with Gasteiger partial charge in [-0.2, -0.15) is 0 Å². The summed E-state index contributed by atoms with van der Waals surface area (Å²) in [5.74, 6) is -0.781. The molecule has 1 aliphatic carbocycles. The molecule has 5 N–H and O–H groups in total. The number of aromatic carboxylic acids is 1. The minimum Gasteiger partial charge on any atom is -0.478 e. The Bertz CT molecular complexity index is 488. The number of aliphatic hydroxyl groups is 1. The number of hydrogen-bond acceptors (Lipinski definition) is 4. The van der Waals surface area contributed by atoms with Crippen LogP contribution in [0.3, 0.4) is 0 Å². The van der Waals surface area contributed by atoms with Gasteiger partial charge in [-0.1, -0.05) is 6.42 Å². The van der Waals surface area contributed by atoms with Gasteiger partial charge in [-0.3, -0.25) is 0 Å². The largest absolute Gasteiger partial charge is 0.478 e. The van der Waals surface area contributed by atoms with Crippen molar-refractivity contribution in [1.82, 2.24) is 0 Å². The lowest BCUT2D eigenvalue weighted by atomic mass is 10.0. The van der Waals surface area contributed by atoms with Gasteiger partial charge in [0.05, 0.1) is 11.7 Å². The van der Waals surface area contributed by atoms with E-state index in [1.165, 1.54) is 0 Å². The van der Waals surface area contributed by atoms with E-state index in [9.17, 15) is 9.90 Å². The molecule has 1 fully saturated rings. The fraction of sp³-hybridized carbons (Fsp3) is 0.500. The predicted molar refractivity (Wildman–Crippen MR) is 74.4 cm³/mol. The standard InChI is InChI=1S/C14H20N2O3/c1-8-5-10(6-11(13(8)15)14(18)19)16-7-9-3-2-4-12(9)17/h5-6,9,12,16-17H,2-4,7,15H2,1H3,(H,18,19). The van der Waals surface area contributed by atoms with E-state index in [0.29, 0.717) is 12.2 Å². The number of benzene rings is 1. The Kier molecular flexibility index (Phi) is 3.95. The average Bonchev–Trinajstić information content (AvgIpc) is 2.76. The van der Waals surface area contributed by atoms with E-state index >= 15 is 0 Å². The lowest BCUT2D eigenvalue weighted by molar-refractivity contribution is 0.0698. The predicted octanol–water partition coefficient (Wildman–Crippen LogP) is 1.85. The van der Waals surface area contributed by atoms with Gasteiger partial charge in [-0.15, -0.1) is 0 Å². The molecule has 0 aromatic heterocycles. The molecule has 0 saturated heterocycles. The van der Waals surface area contributed by atoms with Gasteiger partial charge >= 0.3 is 5.97 Å². The van der Waals surface area contributed by atoms with Gasteiger partial charge in [-0.25, -0.2) is 4.79 Å². The molecule has 2 rings (SSSR count). The van der Waals surface area contributed by atoms with Crippen LogP contribution in [-0.2, 0) is 0 Å². The van der Waals surface area contributed by atoms with Crippen LogP contribution >= 0.6 is 0 Å². The normalized spacial score (nSPS) is 22.4. The number of nitrogens with one attached hydrogen (secondary N) is 1. The highest BCUT2D eigenvalue weighted by atomic mass is 16.4. The first-order valence-corrected chi connectivity index (χ1v) is 6.54. The number of rotatable bonds is 4. The van der Waals surface area contributed by atoms with Gasteiger partial charge in [0.1, 0.15) is 0 Å². The quantitative estimate of drug-likeness (QED) is 0.622. The van der Waals surface area contributed by atoms with E-state index < -0.39 is 5.97 Å². The molecule has 5 nitrogen and oxygen atoms in total. The van der Waals surface area contributed by atoms with E-state index in [1.54, 1.807) is 13.0 Å². The maximum Gasteiger partial charge on any atom is 0.337 e. The number of nitrogen functional groups attached to an aromatic ring is 1. The molecular weight excluding hydrogens is 244 g/mol. The summed E-state index contributed by atoms with van der Waals surface area (Å²) in [5, 5.41) is 22.0. The summed E-state index contributed by atoms with van der Waals surface area (Å²) in [7, 11) is 0. The van der Waals surface area contributed by atoms with Crippen LogP contribution in [0.4, 0.5) is 11.4 Å². The molecule has 0 radical (unpaired) electrons. The van der Waals surface area contributed by atoms with E-state index in [0.717, 1.165) is 30.5 Å². The molecule has 19 heavy (non-hydrogen) atoms. The third kappa shape index (κ3) is 2.98. The van der Waals surface area contributed by atoms with Crippen LogP contribution in [0.5, 0.6) is 0 Å². The van der Waals surface area contributed by atoms with Crippen LogP contribution < -0.4 is 11.1 Å². The topological polar surface area (TPSA) is 95.6 Å². The summed E-state index contributed by atoms with van der Waals surface area (Å²) in [4.78, 5) is 11.1. The van der Waals surface area contributed by atoms with E-state index in [-0.39, 0.29) is 17.6 Å². The number of hydrogen-bond donors (Lipinski definition) is 4. The maximum atomic E-state index is 11.1. The number of carbonyl (C=O) groups is 1. The Morgan fingerprint density at radius 2 is 2.21 bits per heavy atom. The Morgan fingerprint density at radius 1 is 1.47 bits per heavy atom. The molecule has 0 heterocycles. The maximum absolute atomic E-state index is 11.1. The molecule has 2 atom stereocenters. The second kappa shape index (κ2) is 5.48. The van der Waals surface area contributed by atoms with Crippen molar-refractivity contribution in [2.45, 2.75) is 32.3 Å². The molecule has 1 aromatic rings. The number of aryl methyl sites for hydroxylation is 1. The van der Waals surface area contributed by atoms with Crippen LogP contribution in [0.2, 0.25) is 0 Å². The van der Waals surface area contributed by atoms with Crippen LogP contribution in [0.15, 0.2) is 12.1 Å². The Hall–Kier alpha value is -1.75. The highest BCUT2D eigenvalue weighted by Gasteiger charge is 2.24. The summed E-state index contributed by atoms with van der Waals surface area (Å²) in [6.07, 6.45) is 2.66. The molecule has 1 saturated carbocycles. The number of anilines is 2. The smallest absolute Gasteiger partial charge is 0.337 e. The molecule has 0 bridgehead atoms. The molecule has 0 aliphatic heterocycles. The second-order valence-electron chi connectivity index (χ2n) is 5.20. The Balaban J connectivity index is 2.10. The van der Waals surface area contributed by atoms with Gasteiger partial charge in [0.15, 0.2) is 0 Å². The Labute approximate surface area is 112 Å². The van der Waals surface area contributed by atoms with Crippen LogP contribution in [0, 0.1) is 12.8 Å². The van der Waals surface area contributed by atoms with Gasteiger partial charge in [0.25, 0.3) is 0 Å². The SMILES string of the molecule is Cc1cc(NCC2CCCC2O)cc(C(=O)O)c1N. The highest BCUT2D eigenvalue weighted by Crippen LogP contribution is 2.27.